The number of aryl methyl sites for hydroxylation is 1. The first kappa shape index (κ1) is 12.7. The second kappa shape index (κ2) is 4.78. The Hall–Kier alpha value is -0.336. The molecule has 13 heavy (non-hydrogen) atoms. The molecule has 0 aliphatic rings. The minimum Gasteiger partial charge on any atom is -0.780 e. The van der Waals surface area contributed by atoms with Crippen LogP contribution in [0, 0.1) is 6.92 Å². The predicted octanol–water partition coefficient (Wildman–Crippen LogP) is 0.200. The van der Waals surface area contributed by atoms with Crippen molar-refractivity contribution in [1.82, 2.24) is 0 Å². The molecule has 4 nitrogen and oxygen atoms in total. The van der Waals surface area contributed by atoms with Crippen molar-refractivity contribution < 1.29 is 35.4 Å². The van der Waals surface area contributed by atoms with Gasteiger partial charge < -0.3 is 18.9 Å². The molecule has 0 heterocycles. The molecular formula is C7H7NiO4P. The quantitative estimate of drug-likeness (QED) is 0.550. The maximum absolute atomic E-state index is 10.2. The van der Waals surface area contributed by atoms with Gasteiger partial charge in [0.2, 0.25) is 0 Å². The minimum atomic E-state index is -4.91. The third-order valence-electron chi connectivity index (χ3n) is 1.30. The number of phosphoric acid groups is 1. The number of hydrogen-bond donors (Lipinski definition) is 0. The molecule has 74 valence electrons. The van der Waals surface area contributed by atoms with Gasteiger partial charge in [-0.1, -0.05) is 18.2 Å². The first-order chi connectivity index (χ1) is 5.49. The van der Waals surface area contributed by atoms with Crippen LogP contribution in [0.5, 0.6) is 5.75 Å². The molecule has 0 amide bonds. The van der Waals surface area contributed by atoms with E-state index in [1.165, 1.54) is 6.07 Å². The van der Waals surface area contributed by atoms with E-state index in [4.69, 9.17) is 0 Å². The van der Waals surface area contributed by atoms with Crippen molar-refractivity contribution in [2.24, 2.45) is 0 Å². The Morgan fingerprint density at radius 2 is 1.85 bits per heavy atom. The van der Waals surface area contributed by atoms with Gasteiger partial charge in [0.25, 0.3) is 0 Å². The fourth-order valence-corrected chi connectivity index (χ4v) is 1.23. The molecule has 0 aliphatic heterocycles. The van der Waals surface area contributed by atoms with Crippen LogP contribution in [0.3, 0.4) is 0 Å². The molecule has 0 radical (unpaired) electrons. The predicted molar refractivity (Wildman–Crippen MR) is 39.4 cm³/mol. The number of rotatable bonds is 2. The zero-order valence-electron chi connectivity index (χ0n) is 6.71. The molecule has 0 aliphatic carbocycles. The Bertz CT molecular complexity index is 322. The summed E-state index contributed by atoms with van der Waals surface area (Å²) in [5, 5.41) is 0. The molecule has 0 N–H and O–H groups in total. The van der Waals surface area contributed by atoms with Crippen molar-refractivity contribution >= 4 is 7.82 Å². The molecule has 0 atom stereocenters. The van der Waals surface area contributed by atoms with Gasteiger partial charge in [0.15, 0.2) is 0 Å². The van der Waals surface area contributed by atoms with Crippen LogP contribution in [0.15, 0.2) is 24.3 Å². The fraction of sp³-hybridized carbons (Fsp3) is 0.143. The number of hydrogen-bond acceptors (Lipinski definition) is 4. The van der Waals surface area contributed by atoms with E-state index >= 15 is 0 Å². The van der Waals surface area contributed by atoms with E-state index in [2.05, 4.69) is 4.52 Å². The first-order valence-electron chi connectivity index (χ1n) is 3.26. The second-order valence-corrected chi connectivity index (χ2v) is 3.38. The van der Waals surface area contributed by atoms with Crippen molar-refractivity contribution in [1.29, 1.82) is 0 Å². The van der Waals surface area contributed by atoms with Crippen LogP contribution in [0.4, 0.5) is 0 Å². The zero-order chi connectivity index (χ0) is 9.19. The molecule has 0 aromatic heterocycles. The first-order valence-corrected chi connectivity index (χ1v) is 4.72. The van der Waals surface area contributed by atoms with Crippen molar-refractivity contribution in [3.63, 3.8) is 0 Å². The molecule has 0 saturated carbocycles. The van der Waals surface area contributed by atoms with E-state index in [9.17, 15) is 14.4 Å². The van der Waals surface area contributed by atoms with Crippen molar-refractivity contribution in [2.75, 3.05) is 0 Å². The van der Waals surface area contributed by atoms with Crippen molar-refractivity contribution in [3.8, 4) is 5.75 Å². The largest absolute Gasteiger partial charge is 2.00 e. The Morgan fingerprint density at radius 3 is 2.31 bits per heavy atom. The summed E-state index contributed by atoms with van der Waals surface area (Å²) >= 11 is 0. The molecule has 0 saturated heterocycles. The maximum atomic E-state index is 10.2. The summed E-state index contributed by atoms with van der Waals surface area (Å²) in [7, 11) is -4.91. The van der Waals surface area contributed by atoms with Crippen LogP contribution in [-0.4, -0.2) is 0 Å². The van der Waals surface area contributed by atoms with Gasteiger partial charge >= 0.3 is 16.5 Å². The minimum absolute atomic E-state index is 0. The third-order valence-corrected chi connectivity index (χ3v) is 1.72. The monoisotopic (exact) mass is 244 g/mol. The molecule has 6 heteroatoms. The van der Waals surface area contributed by atoms with Gasteiger partial charge in [-0.25, -0.2) is 0 Å². The Kier molecular flexibility index (Phi) is 4.65. The van der Waals surface area contributed by atoms with Gasteiger partial charge in [0.05, 0.1) is 0 Å². The van der Waals surface area contributed by atoms with Gasteiger partial charge in [-0.3, -0.25) is 0 Å². The van der Waals surface area contributed by atoms with Gasteiger partial charge in [0.1, 0.15) is 13.6 Å². The van der Waals surface area contributed by atoms with Crippen LogP contribution >= 0.6 is 7.82 Å². The Morgan fingerprint density at radius 1 is 1.31 bits per heavy atom. The van der Waals surface area contributed by atoms with E-state index in [1.54, 1.807) is 25.1 Å². The van der Waals surface area contributed by atoms with Crippen LogP contribution in [0.2, 0.25) is 0 Å². The number of phosphoric ester groups is 1. The number of para-hydroxylation sites is 1. The Balaban J connectivity index is 0.00000144. The van der Waals surface area contributed by atoms with Gasteiger partial charge in [-0.15, -0.1) is 0 Å². The average molecular weight is 245 g/mol. The molecule has 0 unspecified atom stereocenters. The van der Waals surface area contributed by atoms with Crippen molar-refractivity contribution in [2.45, 2.75) is 6.92 Å². The summed E-state index contributed by atoms with van der Waals surface area (Å²) in [4.78, 5) is 20.4. The summed E-state index contributed by atoms with van der Waals surface area (Å²) in [5.74, 6) is 0.0887. The van der Waals surface area contributed by atoms with Crippen LogP contribution in [0.25, 0.3) is 0 Å². The van der Waals surface area contributed by atoms with Crippen LogP contribution in [-0.2, 0) is 21.1 Å². The van der Waals surface area contributed by atoms with Gasteiger partial charge in [0, 0.05) is 0 Å². The molecule has 1 rings (SSSR count). The molecule has 1 aromatic rings. The molecule has 0 spiro atoms. The second-order valence-electron chi connectivity index (χ2n) is 2.30. The summed E-state index contributed by atoms with van der Waals surface area (Å²) in [6, 6.07) is 6.41. The van der Waals surface area contributed by atoms with E-state index in [-0.39, 0.29) is 22.2 Å². The fourth-order valence-electron chi connectivity index (χ4n) is 0.779. The van der Waals surface area contributed by atoms with E-state index < -0.39 is 7.82 Å². The SMILES string of the molecule is Cc1ccccc1OP(=O)([O-])[O-].[Ni+2]. The van der Waals surface area contributed by atoms with E-state index in [0.29, 0.717) is 5.56 Å². The zero-order valence-corrected chi connectivity index (χ0v) is 8.59. The Labute approximate surface area is 86.1 Å². The smallest absolute Gasteiger partial charge is 0.780 e. The number of benzene rings is 1. The molecule has 0 bridgehead atoms. The summed E-state index contributed by atoms with van der Waals surface area (Å²) in [6.45, 7) is 1.66. The summed E-state index contributed by atoms with van der Waals surface area (Å²) < 4.78 is 14.4. The average Bonchev–Trinajstić information content (AvgIpc) is 1.91. The van der Waals surface area contributed by atoms with Crippen molar-refractivity contribution in [3.05, 3.63) is 29.8 Å². The normalized spacial score (nSPS) is 10.4. The van der Waals surface area contributed by atoms with E-state index in [1.807, 2.05) is 0 Å². The summed E-state index contributed by atoms with van der Waals surface area (Å²) in [6.07, 6.45) is 0. The molecule has 0 fully saturated rings. The topological polar surface area (TPSA) is 72.4 Å². The van der Waals surface area contributed by atoms with E-state index in [0.717, 1.165) is 0 Å². The van der Waals surface area contributed by atoms with Crippen LogP contribution < -0.4 is 14.3 Å². The molecule has 1 aromatic carbocycles. The van der Waals surface area contributed by atoms with Gasteiger partial charge in [-0.05, 0) is 18.6 Å². The molecular weight excluding hydrogens is 238 g/mol. The standard InChI is InChI=1S/C7H9O4P.Ni/c1-6-4-2-3-5-7(6)11-12(8,9)10;/h2-5H,1H3,(H2,8,9,10);/q;+2/p-2. The third kappa shape index (κ3) is 4.44. The maximum Gasteiger partial charge on any atom is 2.00 e. The van der Waals surface area contributed by atoms with Gasteiger partial charge in [-0.2, -0.15) is 0 Å². The van der Waals surface area contributed by atoms with Crippen LogP contribution in [0.1, 0.15) is 5.56 Å². The summed E-state index contributed by atoms with van der Waals surface area (Å²) in [5.41, 5.74) is 0.615.